The van der Waals surface area contributed by atoms with E-state index in [0.29, 0.717) is 0 Å². The van der Waals surface area contributed by atoms with Gasteiger partial charge in [0.15, 0.2) is 8.15 Å². The summed E-state index contributed by atoms with van der Waals surface area (Å²) in [7, 11) is -1.23. The van der Waals surface area contributed by atoms with Crippen LogP contribution in [0.5, 0.6) is 5.75 Å². The molecule has 0 spiro atoms. The van der Waals surface area contributed by atoms with Gasteiger partial charge in [-0.3, -0.25) is 9.97 Å². The zero-order chi connectivity index (χ0) is 25.1. The van der Waals surface area contributed by atoms with Gasteiger partial charge in [0.05, 0.1) is 11.0 Å². The van der Waals surface area contributed by atoms with Crippen LogP contribution < -0.4 is 15.1 Å². The van der Waals surface area contributed by atoms with Crippen LogP contribution in [0.4, 0.5) is 0 Å². The molecular formula is C32H33N2OP. The average Bonchev–Trinajstić information content (AvgIpc) is 2.89. The average molecular weight is 493 g/mol. The molecule has 0 aliphatic rings. The first-order valence-corrected chi connectivity index (χ1v) is 14.0. The number of nitrogens with zero attached hydrogens (tertiary/aromatic N) is 2. The number of para-hydroxylation sites is 2. The van der Waals surface area contributed by atoms with Crippen LogP contribution in [0.3, 0.4) is 0 Å². The quantitative estimate of drug-likeness (QED) is 0.217. The topological polar surface area (TPSA) is 35.0 Å². The molecule has 2 aromatic heterocycles. The molecule has 0 aliphatic carbocycles. The second-order valence-corrected chi connectivity index (χ2v) is 12.0. The maximum atomic E-state index is 7.04. The number of aryl methyl sites for hydroxylation is 1. The molecule has 0 amide bonds. The SMILES string of the molecule is CCCCc1cc(OP(c2cccc3cccnc23)c2cccc3cccnc23)cc(C(C)(C)C)c1. The van der Waals surface area contributed by atoms with Crippen LogP contribution >= 0.6 is 8.15 Å². The molecule has 0 radical (unpaired) electrons. The highest BCUT2D eigenvalue weighted by Gasteiger charge is 2.24. The molecule has 3 nitrogen and oxygen atoms in total. The van der Waals surface area contributed by atoms with Crippen LogP contribution in [-0.2, 0) is 11.8 Å². The molecule has 0 saturated carbocycles. The zero-order valence-electron chi connectivity index (χ0n) is 21.5. The van der Waals surface area contributed by atoms with Crippen molar-refractivity contribution in [2.45, 2.75) is 52.4 Å². The zero-order valence-corrected chi connectivity index (χ0v) is 22.4. The minimum Gasteiger partial charge on any atom is -0.464 e. The van der Waals surface area contributed by atoms with Crippen molar-refractivity contribution >= 4 is 40.6 Å². The van der Waals surface area contributed by atoms with Crippen molar-refractivity contribution in [3.63, 3.8) is 0 Å². The third kappa shape index (κ3) is 5.13. The Bertz CT molecular complexity index is 1420. The molecule has 36 heavy (non-hydrogen) atoms. The maximum absolute atomic E-state index is 7.04. The Kier molecular flexibility index (Phi) is 7.03. The Morgan fingerprint density at radius 2 is 1.33 bits per heavy atom. The molecule has 3 aromatic carbocycles. The fourth-order valence-corrected chi connectivity index (χ4v) is 6.48. The first kappa shape index (κ1) is 24.4. The Hall–Kier alpha value is -3.29. The van der Waals surface area contributed by atoms with E-state index in [1.807, 2.05) is 24.5 Å². The number of rotatable bonds is 7. The lowest BCUT2D eigenvalue weighted by Gasteiger charge is -2.25. The molecular weight excluding hydrogens is 459 g/mol. The second-order valence-electron chi connectivity index (χ2n) is 10.3. The van der Waals surface area contributed by atoms with E-state index in [1.165, 1.54) is 24.0 Å². The van der Waals surface area contributed by atoms with Gasteiger partial charge < -0.3 is 4.52 Å². The summed E-state index contributed by atoms with van der Waals surface area (Å²) < 4.78 is 7.04. The van der Waals surface area contributed by atoms with Crippen molar-refractivity contribution in [3.8, 4) is 5.75 Å². The van der Waals surface area contributed by atoms with Gasteiger partial charge in [-0.15, -0.1) is 0 Å². The number of aromatic nitrogens is 2. The van der Waals surface area contributed by atoms with Crippen LogP contribution in [-0.4, -0.2) is 9.97 Å². The Morgan fingerprint density at radius 3 is 1.89 bits per heavy atom. The molecule has 0 aliphatic heterocycles. The highest BCUT2D eigenvalue weighted by Crippen LogP contribution is 2.41. The van der Waals surface area contributed by atoms with Gasteiger partial charge in [-0.2, -0.15) is 0 Å². The Labute approximate surface area is 215 Å². The van der Waals surface area contributed by atoms with Gasteiger partial charge in [-0.05, 0) is 65.8 Å². The highest BCUT2D eigenvalue weighted by molar-refractivity contribution is 7.69. The van der Waals surface area contributed by atoms with Gasteiger partial charge in [0, 0.05) is 33.8 Å². The summed E-state index contributed by atoms with van der Waals surface area (Å²) in [4.78, 5) is 9.56. The van der Waals surface area contributed by atoms with Crippen LogP contribution in [0.25, 0.3) is 21.8 Å². The van der Waals surface area contributed by atoms with E-state index >= 15 is 0 Å². The van der Waals surface area contributed by atoms with Gasteiger partial charge in [-0.25, -0.2) is 0 Å². The normalized spacial score (nSPS) is 11.9. The number of hydrogen-bond acceptors (Lipinski definition) is 3. The van der Waals surface area contributed by atoms with Crippen molar-refractivity contribution < 1.29 is 4.52 Å². The number of hydrogen-bond donors (Lipinski definition) is 0. The van der Waals surface area contributed by atoms with Gasteiger partial charge in [-0.1, -0.05) is 76.6 Å². The first-order valence-electron chi connectivity index (χ1n) is 12.7. The third-order valence-electron chi connectivity index (χ3n) is 6.51. The Morgan fingerprint density at radius 1 is 0.750 bits per heavy atom. The van der Waals surface area contributed by atoms with E-state index < -0.39 is 8.15 Å². The van der Waals surface area contributed by atoms with Crippen LogP contribution in [0.2, 0.25) is 0 Å². The van der Waals surface area contributed by atoms with E-state index in [0.717, 1.165) is 44.6 Å². The summed E-state index contributed by atoms with van der Waals surface area (Å²) in [6.45, 7) is 9.04. The third-order valence-corrected chi connectivity index (χ3v) is 8.50. The predicted octanol–water partition coefficient (Wildman–Crippen LogP) is 7.85. The van der Waals surface area contributed by atoms with Gasteiger partial charge >= 0.3 is 0 Å². The summed E-state index contributed by atoms with van der Waals surface area (Å²) in [6.07, 6.45) is 7.13. The van der Waals surface area contributed by atoms with E-state index in [2.05, 4.69) is 94.4 Å². The standard InChI is InChI=1S/C32H33N2OP/c1-5-6-11-23-20-26(32(2,3)4)22-27(21-23)35-36(28-16-7-12-24-14-9-18-33-30(24)28)29-17-8-13-25-15-10-19-34-31(25)29/h7-10,12-22H,5-6,11H2,1-4H3. The molecule has 0 saturated heterocycles. The second kappa shape index (κ2) is 10.4. The van der Waals surface area contributed by atoms with Crippen molar-refractivity contribution in [1.82, 2.24) is 9.97 Å². The van der Waals surface area contributed by atoms with Crippen LogP contribution in [0, 0.1) is 0 Å². The highest BCUT2D eigenvalue weighted by atomic mass is 31.1. The maximum Gasteiger partial charge on any atom is 0.155 e. The van der Waals surface area contributed by atoms with Crippen molar-refractivity contribution in [2.75, 3.05) is 0 Å². The monoisotopic (exact) mass is 492 g/mol. The number of unbranched alkanes of at least 4 members (excludes halogenated alkanes) is 1. The van der Waals surface area contributed by atoms with Gasteiger partial charge in [0.2, 0.25) is 0 Å². The largest absolute Gasteiger partial charge is 0.464 e. The molecule has 5 rings (SSSR count). The van der Waals surface area contributed by atoms with E-state index in [9.17, 15) is 0 Å². The number of pyridine rings is 2. The molecule has 0 unspecified atom stereocenters. The molecule has 5 aromatic rings. The summed E-state index contributed by atoms with van der Waals surface area (Å²) >= 11 is 0. The van der Waals surface area contributed by atoms with Crippen molar-refractivity contribution in [1.29, 1.82) is 0 Å². The molecule has 2 heterocycles. The van der Waals surface area contributed by atoms with Gasteiger partial charge in [0.25, 0.3) is 0 Å². The van der Waals surface area contributed by atoms with E-state index in [1.54, 1.807) is 0 Å². The lowest BCUT2D eigenvalue weighted by atomic mass is 9.85. The van der Waals surface area contributed by atoms with Gasteiger partial charge in [0.1, 0.15) is 5.75 Å². The van der Waals surface area contributed by atoms with E-state index in [-0.39, 0.29) is 5.41 Å². The molecule has 182 valence electrons. The first-order chi connectivity index (χ1) is 17.4. The molecule has 4 heteroatoms. The van der Waals surface area contributed by atoms with Crippen LogP contribution in [0.15, 0.2) is 91.3 Å². The number of benzene rings is 3. The Balaban J connectivity index is 1.70. The lowest BCUT2D eigenvalue weighted by Crippen LogP contribution is -2.19. The van der Waals surface area contributed by atoms with E-state index in [4.69, 9.17) is 14.5 Å². The fourth-order valence-electron chi connectivity index (χ4n) is 4.51. The summed E-state index contributed by atoms with van der Waals surface area (Å²) in [5.41, 5.74) is 4.63. The van der Waals surface area contributed by atoms with Crippen molar-refractivity contribution in [2.24, 2.45) is 0 Å². The molecule has 0 N–H and O–H groups in total. The van der Waals surface area contributed by atoms with Crippen molar-refractivity contribution in [3.05, 3.63) is 102 Å². The summed E-state index contributed by atoms with van der Waals surface area (Å²) in [5, 5.41) is 4.45. The number of fused-ring (bicyclic) bond motifs is 2. The molecule has 0 atom stereocenters. The molecule has 0 bridgehead atoms. The van der Waals surface area contributed by atoms with Crippen LogP contribution in [0.1, 0.15) is 51.7 Å². The predicted molar refractivity (Wildman–Crippen MR) is 154 cm³/mol. The minimum absolute atomic E-state index is 0.0328. The smallest absolute Gasteiger partial charge is 0.155 e. The molecule has 0 fully saturated rings. The summed E-state index contributed by atoms with van der Waals surface area (Å²) in [6, 6.07) is 27.8. The fraction of sp³-hybridized carbons (Fsp3) is 0.250. The minimum atomic E-state index is -1.23. The summed E-state index contributed by atoms with van der Waals surface area (Å²) in [5.74, 6) is 0.917. The lowest BCUT2D eigenvalue weighted by molar-refractivity contribution is 0.575.